The van der Waals surface area contributed by atoms with Gasteiger partial charge in [-0.3, -0.25) is 19.3 Å². The van der Waals surface area contributed by atoms with Crippen molar-refractivity contribution in [2.75, 3.05) is 11.4 Å². The highest BCUT2D eigenvalue weighted by Gasteiger charge is 2.36. The summed E-state index contributed by atoms with van der Waals surface area (Å²) in [4.78, 5) is 40.5. The summed E-state index contributed by atoms with van der Waals surface area (Å²) in [5.74, 6) is -1.81. The average molecular weight is 540 g/mol. The first kappa shape index (κ1) is 27.2. The van der Waals surface area contributed by atoms with Crippen LogP contribution in [0.15, 0.2) is 94.2 Å². The molecule has 4 aromatic rings. The number of nitrogens with zero attached hydrogens (tertiary/aromatic N) is 1. The molecule has 2 aromatic carbocycles. The lowest BCUT2D eigenvalue weighted by Crippen LogP contribution is -2.47. The summed E-state index contributed by atoms with van der Waals surface area (Å²) >= 11 is 0. The van der Waals surface area contributed by atoms with Crippen molar-refractivity contribution in [1.82, 2.24) is 10.6 Å². The van der Waals surface area contributed by atoms with Gasteiger partial charge in [-0.05, 0) is 55.0 Å². The Morgan fingerprint density at radius 2 is 1.62 bits per heavy atom. The molecule has 1 unspecified atom stereocenters. The number of carbonyl (C=O) groups is 3. The molecule has 0 spiro atoms. The van der Waals surface area contributed by atoms with E-state index in [1.807, 2.05) is 6.92 Å². The van der Waals surface area contributed by atoms with E-state index in [9.17, 15) is 27.6 Å². The minimum atomic E-state index is -4.70. The predicted octanol–water partition coefficient (Wildman–Crippen LogP) is 5.02. The fraction of sp³-hybridized carbons (Fsp3) is 0.179. The first-order valence-corrected chi connectivity index (χ1v) is 11.8. The van der Waals surface area contributed by atoms with Crippen LogP contribution in [0.3, 0.4) is 0 Å². The number of alkyl halides is 3. The number of aryl methyl sites for hydroxylation is 1. The molecule has 0 aliphatic heterocycles. The minimum Gasteiger partial charge on any atom is -0.467 e. The number of hydrogen-bond acceptors (Lipinski definition) is 5. The third-order valence-electron chi connectivity index (χ3n) is 5.78. The number of carbonyl (C=O) groups excluding carboxylic acids is 3. The minimum absolute atomic E-state index is 0.0198. The van der Waals surface area contributed by atoms with E-state index in [2.05, 4.69) is 10.6 Å². The van der Waals surface area contributed by atoms with E-state index in [0.29, 0.717) is 11.3 Å². The van der Waals surface area contributed by atoms with Crippen molar-refractivity contribution >= 4 is 23.4 Å². The Hall–Kier alpha value is -4.80. The smallest absolute Gasteiger partial charge is 0.416 e. The van der Waals surface area contributed by atoms with Crippen LogP contribution in [-0.2, 0) is 22.3 Å². The number of benzene rings is 2. The number of hydrogen-bond donors (Lipinski definition) is 2. The van der Waals surface area contributed by atoms with E-state index >= 15 is 0 Å². The summed E-state index contributed by atoms with van der Waals surface area (Å²) in [5.41, 5.74) is 0.0358. The van der Waals surface area contributed by atoms with Crippen LogP contribution in [0.4, 0.5) is 18.9 Å². The molecule has 4 rings (SSSR count). The van der Waals surface area contributed by atoms with Gasteiger partial charge in [-0.15, -0.1) is 0 Å². The van der Waals surface area contributed by atoms with Crippen molar-refractivity contribution in [2.24, 2.45) is 0 Å². The highest BCUT2D eigenvalue weighted by Crippen LogP contribution is 2.34. The Morgan fingerprint density at radius 1 is 0.897 bits per heavy atom. The molecule has 3 amide bonds. The molecule has 2 heterocycles. The molecular formula is C28H24F3N3O5. The monoisotopic (exact) mass is 539 g/mol. The Morgan fingerprint density at radius 3 is 2.26 bits per heavy atom. The highest BCUT2D eigenvalue weighted by atomic mass is 19.4. The molecule has 202 valence electrons. The fourth-order valence-electron chi connectivity index (χ4n) is 3.86. The average Bonchev–Trinajstić information content (AvgIpc) is 3.64. The van der Waals surface area contributed by atoms with E-state index in [0.717, 1.165) is 28.7 Å². The molecular weight excluding hydrogens is 515 g/mol. The van der Waals surface area contributed by atoms with Gasteiger partial charge >= 0.3 is 6.18 Å². The van der Waals surface area contributed by atoms with Gasteiger partial charge in [-0.2, -0.15) is 13.2 Å². The van der Waals surface area contributed by atoms with Crippen LogP contribution in [0.5, 0.6) is 0 Å². The largest absolute Gasteiger partial charge is 0.467 e. The third kappa shape index (κ3) is 6.75. The number of rotatable bonds is 9. The molecule has 0 saturated carbocycles. The van der Waals surface area contributed by atoms with Crippen LogP contribution >= 0.6 is 0 Å². The molecule has 0 bridgehead atoms. The number of furan rings is 2. The van der Waals surface area contributed by atoms with E-state index < -0.39 is 42.0 Å². The van der Waals surface area contributed by atoms with Gasteiger partial charge in [-0.1, -0.05) is 35.9 Å². The summed E-state index contributed by atoms with van der Waals surface area (Å²) in [5, 5.41) is 5.08. The maximum atomic E-state index is 13.6. The Bertz CT molecular complexity index is 1420. The van der Waals surface area contributed by atoms with Gasteiger partial charge in [0.2, 0.25) is 11.8 Å². The van der Waals surface area contributed by atoms with Crippen molar-refractivity contribution in [3.63, 3.8) is 0 Å². The Labute approximate surface area is 221 Å². The van der Waals surface area contributed by atoms with Crippen molar-refractivity contribution in [2.45, 2.75) is 25.7 Å². The molecule has 11 heteroatoms. The topological polar surface area (TPSA) is 105 Å². The molecule has 2 N–H and O–H groups in total. The SMILES string of the molecule is Cc1ccc(C(C(=O)NCc2ccco2)N(C(=O)CNC(=O)c2ccco2)c2cccc(C(F)(F)F)c2)cc1. The van der Waals surface area contributed by atoms with Gasteiger partial charge in [-0.25, -0.2) is 0 Å². The van der Waals surface area contributed by atoms with Gasteiger partial charge < -0.3 is 19.5 Å². The second-order valence-corrected chi connectivity index (χ2v) is 8.58. The van der Waals surface area contributed by atoms with Gasteiger partial charge in [0.15, 0.2) is 5.76 Å². The molecule has 0 aliphatic rings. The van der Waals surface area contributed by atoms with Gasteiger partial charge in [0.05, 0.1) is 31.2 Å². The zero-order chi connectivity index (χ0) is 28.0. The summed E-state index contributed by atoms with van der Waals surface area (Å²) in [6, 6.07) is 15.5. The number of nitrogens with one attached hydrogen (secondary N) is 2. The predicted molar refractivity (Wildman–Crippen MR) is 134 cm³/mol. The molecule has 0 fully saturated rings. The molecule has 1 atom stereocenters. The van der Waals surface area contributed by atoms with Crippen LogP contribution < -0.4 is 15.5 Å². The maximum absolute atomic E-state index is 13.6. The normalized spacial score (nSPS) is 12.0. The lowest BCUT2D eigenvalue weighted by atomic mass is 10.0. The summed E-state index contributed by atoms with van der Waals surface area (Å²) < 4.78 is 51.0. The summed E-state index contributed by atoms with van der Waals surface area (Å²) in [6.07, 6.45) is -1.99. The van der Waals surface area contributed by atoms with Crippen LogP contribution in [0.25, 0.3) is 0 Å². The summed E-state index contributed by atoms with van der Waals surface area (Å²) in [6.45, 7) is 1.19. The van der Waals surface area contributed by atoms with Crippen molar-refractivity contribution in [3.05, 3.63) is 114 Å². The first-order chi connectivity index (χ1) is 18.6. The zero-order valence-corrected chi connectivity index (χ0v) is 20.7. The molecule has 0 radical (unpaired) electrons. The quantitative estimate of drug-likeness (QED) is 0.311. The van der Waals surface area contributed by atoms with Crippen LogP contribution in [0.1, 0.15) is 39.0 Å². The Balaban J connectivity index is 1.73. The van der Waals surface area contributed by atoms with Gasteiger partial charge in [0, 0.05) is 5.69 Å². The van der Waals surface area contributed by atoms with E-state index in [1.54, 1.807) is 36.4 Å². The van der Waals surface area contributed by atoms with Gasteiger partial charge in [0.1, 0.15) is 11.8 Å². The van der Waals surface area contributed by atoms with Crippen molar-refractivity contribution < 1.29 is 36.4 Å². The van der Waals surface area contributed by atoms with Crippen LogP contribution in [0.2, 0.25) is 0 Å². The Kier molecular flexibility index (Phi) is 8.18. The maximum Gasteiger partial charge on any atom is 0.416 e. The number of halogens is 3. The molecule has 39 heavy (non-hydrogen) atoms. The second-order valence-electron chi connectivity index (χ2n) is 8.58. The van der Waals surface area contributed by atoms with Crippen molar-refractivity contribution in [3.8, 4) is 0 Å². The van der Waals surface area contributed by atoms with Gasteiger partial charge in [0.25, 0.3) is 5.91 Å². The number of amides is 3. The standard InChI is InChI=1S/C28H24F3N3O5/c1-18-9-11-19(12-10-18)25(27(37)32-16-22-7-3-13-38-22)34(21-6-2-5-20(15-21)28(29,30)31)24(35)17-33-26(36)23-8-4-14-39-23/h2-15,25H,16-17H2,1H3,(H,32,37)(H,33,36). The zero-order valence-electron chi connectivity index (χ0n) is 20.7. The first-order valence-electron chi connectivity index (χ1n) is 11.8. The van der Waals surface area contributed by atoms with E-state index in [1.165, 1.54) is 30.7 Å². The molecule has 2 aromatic heterocycles. The third-order valence-corrected chi connectivity index (χ3v) is 5.78. The van der Waals surface area contributed by atoms with Crippen LogP contribution in [0, 0.1) is 6.92 Å². The van der Waals surface area contributed by atoms with Crippen molar-refractivity contribution in [1.29, 1.82) is 0 Å². The fourth-order valence-corrected chi connectivity index (χ4v) is 3.86. The molecule has 8 nitrogen and oxygen atoms in total. The molecule has 0 saturated heterocycles. The second kappa shape index (κ2) is 11.7. The van der Waals surface area contributed by atoms with Crippen LogP contribution in [-0.4, -0.2) is 24.3 Å². The van der Waals surface area contributed by atoms with E-state index in [-0.39, 0.29) is 18.0 Å². The number of anilines is 1. The lowest BCUT2D eigenvalue weighted by Gasteiger charge is -2.32. The van der Waals surface area contributed by atoms with E-state index in [4.69, 9.17) is 8.83 Å². The summed E-state index contributed by atoms with van der Waals surface area (Å²) in [7, 11) is 0. The lowest BCUT2D eigenvalue weighted by molar-refractivity contribution is -0.137. The highest BCUT2D eigenvalue weighted by molar-refractivity contribution is 6.04. The molecule has 0 aliphatic carbocycles.